The van der Waals surface area contributed by atoms with Crippen molar-refractivity contribution in [3.63, 3.8) is 0 Å². The van der Waals surface area contributed by atoms with Crippen LogP contribution < -0.4 is 0 Å². The van der Waals surface area contributed by atoms with E-state index in [-0.39, 0.29) is 5.97 Å². The molecule has 84 valence electrons. The fourth-order valence-corrected chi connectivity index (χ4v) is 1.19. The van der Waals surface area contributed by atoms with Crippen molar-refractivity contribution in [2.24, 2.45) is 0 Å². The minimum absolute atomic E-state index is 0.330. The minimum Gasteiger partial charge on any atom is -0.463 e. The number of esters is 1. The lowest BCUT2D eigenvalue weighted by Crippen LogP contribution is -1.98. The second kappa shape index (κ2) is 6.85. The number of carbonyl (C=O) groups excluding carboxylic acids is 1. The molecule has 0 radical (unpaired) electrons. The van der Waals surface area contributed by atoms with Crippen molar-refractivity contribution in [1.29, 1.82) is 0 Å². The zero-order valence-corrected chi connectivity index (χ0v) is 9.78. The maximum Gasteiger partial charge on any atom is 0.330 e. The smallest absolute Gasteiger partial charge is 0.330 e. The Labute approximate surface area is 100 Å². The van der Waals surface area contributed by atoms with Gasteiger partial charge in [0, 0.05) is 11.1 Å². The molecule has 0 heterocycles. The molecule has 3 heteroatoms. The molecule has 0 aliphatic heterocycles. The number of benzene rings is 1. The van der Waals surface area contributed by atoms with Gasteiger partial charge >= 0.3 is 5.97 Å². The zero-order valence-electron chi connectivity index (χ0n) is 9.02. The van der Waals surface area contributed by atoms with Crippen LogP contribution in [0, 0.1) is 0 Å². The van der Waals surface area contributed by atoms with Crippen LogP contribution in [0.5, 0.6) is 0 Å². The van der Waals surface area contributed by atoms with Crippen LogP contribution in [0.2, 0.25) is 5.02 Å². The van der Waals surface area contributed by atoms with Crippen molar-refractivity contribution in [1.82, 2.24) is 0 Å². The Morgan fingerprint density at radius 2 is 2.00 bits per heavy atom. The number of ether oxygens (including phenoxy) is 1. The monoisotopic (exact) mass is 236 g/mol. The van der Waals surface area contributed by atoms with Crippen LogP contribution in [0.3, 0.4) is 0 Å². The molecule has 1 rings (SSSR count). The first-order valence-electron chi connectivity index (χ1n) is 4.99. The van der Waals surface area contributed by atoms with E-state index in [0.717, 1.165) is 5.56 Å². The van der Waals surface area contributed by atoms with Crippen LogP contribution in [0.1, 0.15) is 12.5 Å². The van der Waals surface area contributed by atoms with E-state index in [2.05, 4.69) is 0 Å². The van der Waals surface area contributed by atoms with E-state index in [0.29, 0.717) is 11.6 Å². The van der Waals surface area contributed by atoms with Gasteiger partial charge in [-0.15, -0.1) is 0 Å². The van der Waals surface area contributed by atoms with E-state index in [1.807, 2.05) is 30.3 Å². The van der Waals surface area contributed by atoms with Crippen molar-refractivity contribution in [3.05, 3.63) is 53.1 Å². The Morgan fingerprint density at radius 3 is 2.62 bits per heavy atom. The van der Waals surface area contributed by atoms with Crippen LogP contribution in [-0.2, 0) is 9.53 Å². The van der Waals surface area contributed by atoms with Gasteiger partial charge in [-0.3, -0.25) is 0 Å². The van der Waals surface area contributed by atoms with E-state index >= 15 is 0 Å². The maximum atomic E-state index is 10.9. The zero-order chi connectivity index (χ0) is 11.8. The summed E-state index contributed by atoms with van der Waals surface area (Å²) in [6, 6.07) is 7.43. The molecule has 0 saturated carbocycles. The normalized spacial score (nSPS) is 11.1. The van der Waals surface area contributed by atoms with E-state index in [1.54, 1.807) is 19.1 Å². The number of rotatable bonds is 4. The summed E-state index contributed by atoms with van der Waals surface area (Å²) in [7, 11) is 0. The van der Waals surface area contributed by atoms with E-state index in [1.165, 1.54) is 6.08 Å². The SMILES string of the molecule is CCOC(=O)C=CC=Cc1ccc(Cl)cc1. The number of hydrogen-bond donors (Lipinski definition) is 0. The Bertz CT molecular complexity index is 391. The summed E-state index contributed by atoms with van der Waals surface area (Å²) in [6.07, 6.45) is 6.69. The van der Waals surface area contributed by atoms with Crippen LogP contribution in [0.25, 0.3) is 6.08 Å². The van der Waals surface area contributed by atoms with Gasteiger partial charge in [0.2, 0.25) is 0 Å². The Balaban J connectivity index is 2.48. The first-order valence-corrected chi connectivity index (χ1v) is 5.37. The molecule has 0 aromatic heterocycles. The Morgan fingerprint density at radius 1 is 1.31 bits per heavy atom. The molecule has 0 saturated heterocycles. The standard InChI is InChI=1S/C13H13ClO2/c1-2-16-13(15)6-4-3-5-11-7-9-12(14)10-8-11/h3-10H,2H2,1H3. The topological polar surface area (TPSA) is 26.3 Å². The van der Waals surface area contributed by atoms with Gasteiger partial charge in [-0.1, -0.05) is 42.0 Å². The number of allylic oxidation sites excluding steroid dienone is 2. The first kappa shape index (κ1) is 12.5. The molecule has 2 nitrogen and oxygen atoms in total. The van der Waals surface area contributed by atoms with Crippen LogP contribution in [0.4, 0.5) is 0 Å². The van der Waals surface area contributed by atoms with E-state index < -0.39 is 0 Å². The molecule has 0 aliphatic rings. The third-order valence-corrected chi connectivity index (χ3v) is 2.04. The fraction of sp³-hybridized carbons (Fsp3) is 0.154. The van der Waals surface area contributed by atoms with Crippen LogP contribution in [-0.4, -0.2) is 12.6 Å². The van der Waals surface area contributed by atoms with Crippen molar-refractivity contribution in [2.45, 2.75) is 6.92 Å². The van der Waals surface area contributed by atoms with Crippen LogP contribution in [0.15, 0.2) is 42.5 Å². The molecule has 16 heavy (non-hydrogen) atoms. The molecule has 1 aromatic rings. The molecular weight excluding hydrogens is 224 g/mol. The average Bonchev–Trinajstić information content (AvgIpc) is 2.27. The summed E-state index contributed by atoms with van der Waals surface area (Å²) < 4.78 is 4.73. The van der Waals surface area contributed by atoms with Gasteiger partial charge < -0.3 is 4.74 Å². The van der Waals surface area contributed by atoms with Gasteiger partial charge in [0.05, 0.1) is 6.61 Å². The molecule has 0 spiro atoms. The average molecular weight is 237 g/mol. The molecule has 1 aromatic carbocycles. The van der Waals surface area contributed by atoms with Crippen molar-refractivity contribution < 1.29 is 9.53 Å². The van der Waals surface area contributed by atoms with Gasteiger partial charge in [0.25, 0.3) is 0 Å². The lowest BCUT2D eigenvalue weighted by molar-refractivity contribution is -0.137. The number of hydrogen-bond acceptors (Lipinski definition) is 2. The van der Waals surface area contributed by atoms with Gasteiger partial charge in [-0.25, -0.2) is 4.79 Å². The number of carbonyl (C=O) groups is 1. The van der Waals surface area contributed by atoms with Crippen LogP contribution >= 0.6 is 11.6 Å². The lowest BCUT2D eigenvalue weighted by Gasteiger charge is -1.93. The fourth-order valence-electron chi connectivity index (χ4n) is 1.07. The summed E-state index contributed by atoms with van der Waals surface area (Å²) in [6.45, 7) is 2.17. The predicted octanol–water partition coefficient (Wildman–Crippen LogP) is 3.47. The van der Waals surface area contributed by atoms with Gasteiger partial charge in [-0.2, -0.15) is 0 Å². The second-order valence-corrected chi connectivity index (χ2v) is 3.46. The van der Waals surface area contributed by atoms with E-state index in [4.69, 9.17) is 16.3 Å². The summed E-state index contributed by atoms with van der Waals surface area (Å²) in [4.78, 5) is 10.9. The number of halogens is 1. The third kappa shape index (κ3) is 4.80. The van der Waals surface area contributed by atoms with E-state index in [9.17, 15) is 4.79 Å². The van der Waals surface area contributed by atoms with Gasteiger partial charge in [0.15, 0.2) is 0 Å². The minimum atomic E-state index is -0.330. The quantitative estimate of drug-likeness (QED) is 0.455. The molecule has 0 bridgehead atoms. The summed E-state index contributed by atoms with van der Waals surface area (Å²) >= 11 is 5.75. The summed E-state index contributed by atoms with van der Waals surface area (Å²) in [5.41, 5.74) is 1.03. The van der Waals surface area contributed by atoms with Crippen molar-refractivity contribution in [2.75, 3.05) is 6.61 Å². The highest BCUT2D eigenvalue weighted by atomic mass is 35.5. The Hall–Kier alpha value is -1.54. The van der Waals surface area contributed by atoms with Gasteiger partial charge in [-0.05, 0) is 24.6 Å². The largest absolute Gasteiger partial charge is 0.463 e. The first-order chi connectivity index (χ1) is 7.72. The molecular formula is C13H13ClO2. The highest BCUT2D eigenvalue weighted by molar-refractivity contribution is 6.30. The molecule has 0 unspecified atom stereocenters. The molecule has 0 amide bonds. The maximum absolute atomic E-state index is 10.9. The molecule has 0 aliphatic carbocycles. The van der Waals surface area contributed by atoms with Gasteiger partial charge in [0.1, 0.15) is 0 Å². The molecule has 0 fully saturated rings. The molecule has 0 N–H and O–H groups in total. The van der Waals surface area contributed by atoms with Crippen molar-refractivity contribution >= 4 is 23.6 Å². The highest BCUT2D eigenvalue weighted by Gasteiger charge is 1.90. The molecule has 0 atom stereocenters. The summed E-state index contributed by atoms with van der Waals surface area (Å²) in [5, 5.41) is 0.708. The van der Waals surface area contributed by atoms with Crippen molar-refractivity contribution in [3.8, 4) is 0 Å². The third-order valence-electron chi connectivity index (χ3n) is 1.79. The second-order valence-electron chi connectivity index (χ2n) is 3.02. The lowest BCUT2D eigenvalue weighted by atomic mass is 10.2. The summed E-state index contributed by atoms with van der Waals surface area (Å²) in [5.74, 6) is -0.330. The Kier molecular flexibility index (Phi) is 5.37. The predicted molar refractivity (Wildman–Crippen MR) is 66.3 cm³/mol. The highest BCUT2D eigenvalue weighted by Crippen LogP contribution is 2.10.